The van der Waals surface area contributed by atoms with Crippen LogP contribution in [0.25, 0.3) is 0 Å². The second kappa shape index (κ2) is 4.13. The smallest absolute Gasteiger partial charge is 0.363 e. The average molecular weight is 261 g/mol. The van der Waals surface area contributed by atoms with Crippen molar-refractivity contribution in [3.63, 3.8) is 0 Å². The fraction of sp³-hybridized carbons (Fsp3) is 0.400. The number of nitrogens with zero attached hydrogens (tertiary/aromatic N) is 2. The number of benzene rings is 1. The van der Waals surface area contributed by atoms with E-state index >= 15 is 0 Å². The lowest BCUT2D eigenvalue weighted by molar-refractivity contribution is -0.384. The second-order valence-electron chi connectivity index (χ2n) is 4.12. The molecule has 1 fully saturated rings. The molecule has 0 radical (unpaired) electrons. The molecule has 1 aromatic rings. The zero-order chi connectivity index (χ0) is 13.5. The molecular weight excluding hydrogens is 251 g/mol. The minimum atomic E-state index is -4.59. The number of nitro benzene ring substituents is 1. The standard InChI is InChI=1S/C10H10F3N3O2/c11-10(12,13)6-1-2-8(9(3-6)16(17)18)15-4-7(14)5-15/h1-3,7H,4-5,14H2. The third-order valence-corrected chi connectivity index (χ3v) is 2.75. The molecule has 0 spiro atoms. The molecule has 18 heavy (non-hydrogen) atoms. The molecule has 1 saturated heterocycles. The third kappa shape index (κ3) is 2.23. The van der Waals surface area contributed by atoms with Gasteiger partial charge in [-0.05, 0) is 12.1 Å². The molecule has 0 aromatic heterocycles. The predicted octanol–water partition coefficient (Wildman–Crippen LogP) is 1.76. The molecule has 1 aliphatic heterocycles. The van der Waals surface area contributed by atoms with Gasteiger partial charge in [-0.1, -0.05) is 0 Å². The van der Waals surface area contributed by atoms with Gasteiger partial charge in [-0.15, -0.1) is 0 Å². The quantitative estimate of drug-likeness (QED) is 0.650. The first-order valence-corrected chi connectivity index (χ1v) is 5.15. The highest BCUT2D eigenvalue weighted by molar-refractivity contribution is 5.66. The number of halogens is 3. The van der Waals surface area contributed by atoms with Crippen molar-refractivity contribution in [3.8, 4) is 0 Å². The Balaban J connectivity index is 2.39. The van der Waals surface area contributed by atoms with Crippen molar-refractivity contribution in [1.29, 1.82) is 0 Å². The number of anilines is 1. The number of alkyl halides is 3. The monoisotopic (exact) mass is 261 g/mol. The molecular formula is C10H10F3N3O2. The fourth-order valence-corrected chi connectivity index (χ4v) is 1.82. The first-order valence-electron chi connectivity index (χ1n) is 5.15. The summed E-state index contributed by atoms with van der Waals surface area (Å²) in [6.07, 6.45) is -4.59. The normalized spacial score (nSPS) is 16.6. The summed E-state index contributed by atoms with van der Waals surface area (Å²) in [7, 11) is 0. The van der Waals surface area contributed by atoms with Crippen LogP contribution in [0.2, 0.25) is 0 Å². The van der Waals surface area contributed by atoms with Gasteiger partial charge in [0.25, 0.3) is 5.69 Å². The minimum Gasteiger partial charge on any atom is -0.363 e. The van der Waals surface area contributed by atoms with E-state index in [0.717, 1.165) is 12.1 Å². The number of rotatable bonds is 2. The summed E-state index contributed by atoms with van der Waals surface area (Å²) in [5.41, 5.74) is 4.15. The summed E-state index contributed by atoms with van der Waals surface area (Å²) in [6, 6.07) is 2.42. The summed E-state index contributed by atoms with van der Waals surface area (Å²) in [6.45, 7) is 0.818. The maximum Gasteiger partial charge on any atom is 0.416 e. The van der Waals surface area contributed by atoms with Gasteiger partial charge in [-0.25, -0.2) is 0 Å². The van der Waals surface area contributed by atoms with Gasteiger partial charge in [0.05, 0.1) is 10.5 Å². The van der Waals surface area contributed by atoms with E-state index in [4.69, 9.17) is 5.73 Å². The Hall–Kier alpha value is -1.83. The molecule has 0 atom stereocenters. The Morgan fingerprint density at radius 3 is 2.44 bits per heavy atom. The van der Waals surface area contributed by atoms with Crippen LogP contribution >= 0.6 is 0 Å². The highest BCUT2D eigenvalue weighted by Gasteiger charge is 2.35. The number of hydrogen-bond donors (Lipinski definition) is 1. The third-order valence-electron chi connectivity index (χ3n) is 2.75. The van der Waals surface area contributed by atoms with Gasteiger partial charge < -0.3 is 10.6 Å². The Bertz CT molecular complexity index is 484. The van der Waals surface area contributed by atoms with E-state index in [-0.39, 0.29) is 11.7 Å². The molecule has 98 valence electrons. The Labute approximate surface area is 100 Å². The van der Waals surface area contributed by atoms with Crippen LogP contribution in [-0.2, 0) is 6.18 Å². The van der Waals surface area contributed by atoms with E-state index in [1.807, 2.05) is 0 Å². The van der Waals surface area contributed by atoms with Crippen molar-refractivity contribution in [2.45, 2.75) is 12.2 Å². The molecule has 2 N–H and O–H groups in total. The molecule has 8 heteroatoms. The SMILES string of the molecule is NC1CN(c2ccc(C(F)(F)F)cc2[N+](=O)[O-])C1. The van der Waals surface area contributed by atoms with Crippen LogP contribution in [0.3, 0.4) is 0 Å². The predicted molar refractivity (Wildman–Crippen MR) is 58.3 cm³/mol. The van der Waals surface area contributed by atoms with Crippen molar-refractivity contribution < 1.29 is 18.1 Å². The van der Waals surface area contributed by atoms with Gasteiger partial charge in [-0.2, -0.15) is 13.2 Å². The van der Waals surface area contributed by atoms with E-state index in [1.165, 1.54) is 0 Å². The molecule has 1 aromatic carbocycles. The average Bonchev–Trinajstić information content (AvgIpc) is 2.22. The Morgan fingerprint density at radius 2 is 2.00 bits per heavy atom. The van der Waals surface area contributed by atoms with Crippen LogP contribution in [0.1, 0.15) is 5.56 Å². The highest BCUT2D eigenvalue weighted by Crippen LogP contribution is 2.37. The minimum absolute atomic E-state index is 0.0908. The molecule has 0 bridgehead atoms. The van der Waals surface area contributed by atoms with Crippen LogP contribution < -0.4 is 10.6 Å². The highest BCUT2D eigenvalue weighted by atomic mass is 19.4. The lowest BCUT2D eigenvalue weighted by atomic mass is 10.1. The van der Waals surface area contributed by atoms with Crippen LogP contribution in [0.5, 0.6) is 0 Å². The van der Waals surface area contributed by atoms with Crippen LogP contribution in [0, 0.1) is 10.1 Å². The molecule has 0 aliphatic carbocycles. The number of nitro groups is 1. The summed E-state index contributed by atoms with van der Waals surface area (Å²) >= 11 is 0. The fourth-order valence-electron chi connectivity index (χ4n) is 1.82. The van der Waals surface area contributed by atoms with Gasteiger partial charge >= 0.3 is 6.18 Å². The van der Waals surface area contributed by atoms with Gasteiger partial charge in [0.1, 0.15) is 5.69 Å². The van der Waals surface area contributed by atoms with E-state index in [1.54, 1.807) is 4.90 Å². The zero-order valence-corrected chi connectivity index (χ0v) is 9.15. The van der Waals surface area contributed by atoms with Crippen molar-refractivity contribution in [2.75, 3.05) is 18.0 Å². The molecule has 1 heterocycles. The van der Waals surface area contributed by atoms with E-state index < -0.39 is 22.4 Å². The number of hydrogen-bond acceptors (Lipinski definition) is 4. The molecule has 2 rings (SSSR count). The number of nitrogens with two attached hydrogens (primary N) is 1. The second-order valence-corrected chi connectivity index (χ2v) is 4.12. The summed E-state index contributed by atoms with van der Waals surface area (Å²) < 4.78 is 37.4. The summed E-state index contributed by atoms with van der Waals surface area (Å²) in [5.74, 6) is 0. The van der Waals surface area contributed by atoms with Crippen LogP contribution in [-0.4, -0.2) is 24.1 Å². The first-order chi connectivity index (χ1) is 8.29. The topological polar surface area (TPSA) is 72.4 Å². The maximum absolute atomic E-state index is 12.5. The molecule has 0 saturated carbocycles. The van der Waals surface area contributed by atoms with E-state index in [0.29, 0.717) is 19.2 Å². The Morgan fingerprint density at radius 1 is 1.39 bits per heavy atom. The molecule has 1 aliphatic rings. The van der Waals surface area contributed by atoms with E-state index in [2.05, 4.69) is 0 Å². The lowest BCUT2D eigenvalue weighted by Crippen LogP contribution is -2.56. The van der Waals surface area contributed by atoms with Crippen molar-refractivity contribution in [3.05, 3.63) is 33.9 Å². The van der Waals surface area contributed by atoms with Gasteiger partial charge in [0.2, 0.25) is 0 Å². The van der Waals surface area contributed by atoms with Crippen LogP contribution in [0.15, 0.2) is 18.2 Å². The van der Waals surface area contributed by atoms with Gasteiger partial charge in [0.15, 0.2) is 0 Å². The van der Waals surface area contributed by atoms with Crippen LogP contribution in [0.4, 0.5) is 24.5 Å². The molecule has 0 unspecified atom stereocenters. The van der Waals surface area contributed by atoms with Crippen molar-refractivity contribution >= 4 is 11.4 Å². The van der Waals surface area contributed by atoms with Crippen molar-refractivity contribution in [1.82, 2.24) is 0 Å². The van der Waals surface area contributed by atoms with Gasteiger partial charge in [0, 0.05) is 25.2 Å². The molecule has 5 nitrogen and oxygen atoms in total. The zero-order valence-electron chi connectivity index (χ0n) is 9.15. The Kier molecular flexibility index (Phi) is 2.89. The largest absolute Gasteiger partial charge is 0.416 e. The lowest BCUT2D eigenvalue weighted by Gasteiger charge is -2.38. The van der Waals surface area contributed by atoms with Gasteiger partial charge in [-0.3, -0.25) is 10.1 Å². The maximum atomic E-state index is 12.5. The van der Waals surface area contributed by atoms with Crippen molar-refractivity contribution in [2.24, 2.45) is 5.73 Å². The van der Waals surface area contributed by atoms with E-state index in [9.17, 15) is 23.3 Å². The summed E-state index contributed by atoms with van der Waals surface area (Å²) in [5, 5.41) is 10.8. The first kappa shape index (κ1) is 12.6. The summed E-state index contributed by atoms with van der Waals surface area (Å²) in [4.78, 5) is 11.6. The molecule has 0 amide bonds.